The number of rotatable bonds is 5. The van der Waals surface area contributed by atoms with E-state index in [0.717, 1.165) is 4.47 Å². The Bertz CT molecular complexity index is 966. The predicted molar refractivity (Wildman–Crippen MR) is 107 cm³/mol. The number of hydrogen-bond acceptors (Lipinski definition) is 6. The number of nitriles is 1. The topological polar surface area (TPSA) is 140 Å². The van der Waals surface area contributed by atoms with Gasteiger partial charge in [0.1, 0.15) is 6.04 Å². The zero-order valence-corrected chi connectivity index (χ0v) is 17.1. The van der Waals surface area contributed by atoms with E-state index in [4.69, 9.17) is 16.2 Å². The molecule has 0 radical (unpaired) electrons. The van der Waals surface area contributed by atoms with Crippen molar-refractivity contribution in [3.63, 3.8) is 0 Å². The Labute approximate surface area is 175 Å². The third-order valence-corrected chi connectivity index (χ3v) is 5.79. The molecule has 29 heavy (non-hydrogen) atoms. The average Bonchev–Trinajstić information content (AvgIpc) is 2.99. The van der Waals surface area contributed by atoms with Gasteiger partial charge < -0.3 is 21.1 Å². The van der Waals surface area contributed by atoms with E-state index in [9.17, 15) is 19.6 Å². The Kier molecular flexibility index (Phi) is 5.48. The molecular formula is C20H19BrN4O4. The zero-order chi connectivity index (χ0) is 21.3. The van der Waals surface area contributed by atoms with Crippen LogP contribution >= 0.6 is 15.9 Å². The standard InChI is InChI=1S/C20H19BrN4O4/c1-2-29-19(28)20(10-22)14-8-5-12(17(23)26)9-25(14)16(18(24)27)15(20)11-3-6-13(21)7-4-11/h3-9,14-16H,2H2,1H3,(H2,23,26)(H2,24,27). The van der Waals surface area contributed by atoms with Gasteiger partial charge in [-0.1, -0.05) is 34.1 Å². The molecule has 9 heteroatoms. The Morgan fingerprint density at radius 2 is 1.93 bits per heavy atom. The quantitative estimate of drug-likeness (QED) is 0.632. The van der Waals surface area contributed by atoms with E-state index in [0.29, 0.717) is 5.56 Å². The fraction of sp³-hybridized carbons (Fsp3) is 0.300. The highest BCUT2D eigenvalue weighted by atomic mass is 79.9. The summed E-state index contributed by atoms with van der Waals surface area (Å²) in [5.41, 5.74) is 10.1. The molecule has 1 aromatic rings. The zero-order valence-electron chi connectivity index (χ0n) is 15.5. The van der Waals surface area contributed by atoms with Crippen LogP contribution in [0.1, 0.15) is 18.4 Å². The molecule has 4 unspecified atom stereocenters. The molecule has 0 aliphatic carbocycles. The van der Waals surface area contributed by atoms with Crippen molar-refractivity contribution in [2.75, 3.05) is 6.61 Å². The number of carbonyl (C=O) groups is 3. The summed E-state index contributed by atoms with van der Waals surface area (Å²) in [6.07, 6.45) is 4.35. The highest BCUT2D eigenvalue weighted by Gasteiger charge is 2.66. The molecule has 150 valence electrons. The molecule has 1 aromatic carbocycles. The van der Waals surface area contributed by atoms with Crippen LogP contribution in [-0.4, -0.2) is 41.4 Å². The fourth-order valence-corrected chi connectivity index (χ4v) is 4.34. The number of benzene rings is 1. The first kappa shape index (κ1) is 20.6. The number of amides is 2. The lowest BCUT2D eigenvalue weighted by Crippen LogP contribution is -2.45. The molecule has 4 atom stereocenters. The maximum Gasteiger partial charge on any atom is 0.329 e. The summed E-state index contributed by atoms with van der Waals surface area (Å²) in [7, 11) is 0. The SMILES string of the molecule is CCOC(=O)C1(C#N)C(c2ccc(Br)cc2)C(C(N)=O)N2C=C(C(N)=O)C=CC21. The molecule has 1 saturated heterocycles. The normalized spacial score (nSPS) is 27.6. The van der Waals surface area contributed by atoms with Crippen LogP contribution in [0.25, 0.3) is 0 Å². The van der Waals surface area contributed by atoms with Gasteiger partial charge in [-0.05, 0) is 30.7 Å². The largest absolute Gasteiger partial charge is 0.465 e. The summed E-state index contributed by atoms with van der Waals surface area (Å²) in [6, 6.07) is 7.13. The number of nitrogens with zero attached hydrogens (tertiary/aromatic N) is 2. The number of hydrogen-bond donors (Lipinski definition) is 2. The van der Waals surface area contributed by atoms with Crippen molar-refractivity contribution in [2.45, 2.75) is 24.9 Å². The van der Waals surface area contributed by atoms with Gasteiger partial charge in [0.25, 0.3) is 0 Å². The maximum absolute atomic E-state index is 13.1. The van der Waals surface area contributed by atoms with Gasteiger partial charge in [-0.2, -0.15) is 5.26 Å². The molecule has 0 saturated carbocycles. The third kappa shape index (κ3) is 3.19. The Morgan fingerprint density at radius 1 is 1.28 bits per heavy atom. The van der Waals surface area contributed by atoms with Crippen LogP contribution in [0.4, 0.5) is 0 Å². The van der Waals surface area contributed by atoms with Gasteiger partial charge in [0.15, 0.2) is 5.41 Å². The molecule has 2 heterocycles. The molecule has 0 bridgehead atoms. The van der Waals surface area contributed by atoms with Crippen LogP contribution in [0.2, 0.25) is 0 Å². The number of primary amides is 2. The molecular weight excluding hydrogens is 440 g/mol. The van der Waals surface area contributed by atoms with Crippen molar-refractivity contribution < 1.29 is 19.1 Å². The first-order valence-corrected chi connectivity index (χ1v) is 9.67. The van der Waals surface area contributed by atoms with Crippen molar-refractivity contribution in [3.8, 4) is 6.07 Å². The summed E-state index contributed by atoms with van der Waals surface area (Å²) in [5, 5.41) is 10.2. The second kappa shape index (κ2) is 7.72. The number of carbonyl (C=O) groups excluding carboxylic acids is 3. The maximum atomic E-state index is 13.1. The summed E-state index contributed by atoms with van der Waals surface area (Å²) < 4.78 is 6.04. The first-order chi connectivity index (χ1) is 13.8. The summed E-state index contributed by atoms with van der Waals surface area (Å²) in [6.45, 7) is 1.70. The first-order valence-electron chi connectivity index (χ1n) is 8.88. The number of nitrogens with two attached hydrogens (primary N) is 2. The van der Waals surface area contributed by atoms with Crippen molar-refractivity contribution in [3.05, 3.63) is 58.2 Å². The van der Waals surface area contributed by atoms with Crippen molar-refractivity contribution in [2.24, 2.45) is 16.9 Å². The molecule has 2 aliphatic heterocycles. The van der Waals surface area contributed by atoms with Gasteiger partial charge in [0.2, 0.25) is 11.8 Å². The van der Waals surface area contributed by atoms with Gasteiger partial charge in [0, 0.05) is 16.6 Å². The van der Waals surface area contributed by atoms with Gasteiger partial charge in [-0.25, -0.2) is 0 Å². The van der Waals surface area contributed by atoms with E-state index < -0.39 is 41.2 Å². The second-order valence-corrected chi connectivity index (χ2v) is 7.69. The van der Waals surface area contributed by atoms with Crippen LogP contribution in [0.15, 0.2) is 52.7 Å². The predicted octanol–water partition coefficient (Wildman–Crippen LogP) is 1.08. The second-order valence-electron chi connectivity index (χ2n) is 6.78. The number of esters is 1. The Balaban J connectivity index is 2.28. The van der Waals surface area contributed by atoms with E-state index >= 15 is 0 Å². The van der Waals surface area contributed by atoms with Gasteiger partial charge in [0.05, 0.1) is 24.3 Å². The molecule has 0 spiro atoms. The van der Waals surface area contributed by atoms with E-state index in [1.807, 2.05) is 0 Å². The highest BCUT2D eigenvalue weighted by molar-refractivity contribution is 9.10. The van der Waals surface area contributed by atoms with Crippen LogP contribution < -0.4 is 11.5 Å². The van der Waals surface area contributed by atoms with Crippen molar-refractivity contribution >= 4 is 33.7 Å². The van der Waals surface area contributed by atoms with Gasteiger partial charge >= 0.3 is 5.97 Å². The molecule has 3 rings (SSSR count). The number of ether oxygens (including phenoxy) is 1. The molecule has 2 aliphatic rings. The highest BCUT2D eigenvalue weighted by Crippen LogP contribution is 2.53. The molecule has 2 amide bonds. The van der Waals surface area contributed by atoms with Gasteiger partial charge in [-0.15, -0.1) is 0 Å². The van der Waals surface area contributed by atoms with Crippen LogP contribution in [0.5, 0.6) is 0 Å². The number of halogens is 1. The minimum Gasteiger partial charge on any atom is -0.465 e. The van der Waals surface area contributed by atoms with Gasteiger partial charge in [-0.3, -0.25) is 14.4 Å². The minimum absolute atomic E-state index is 0.0648. The van der Waals surface area contributed by atoms with Crippen LogP contribution in [0.3, 0.4) is 0 Å². The summed E-state index contributed by atoms with van der Waals surface area (Å²) >= 11 is 3.35. The number of fused-ring (bicyclic) bond motifs is 1. The Morgan fingerprint density at radius 3 is 2.45 bits per heavy atom. The Hall–Kier alpha value is -3.12. The lowest BCUT2D eigenvalue weighted by molar-refractivity contribution is -0.153. The minimum atomic E-state index is -1.75. The molecule has 1 fully saturated rings. The third-order valence-electron chi connectivity index (χ3n) is 5.26. The van der Waals surface area contributed by atoms with E-state index in [1.54, 1.807) is 31.2 Å². The van der Waals surface area contributed by atoms with Crippen LogP contribution in [-0.2, 0) is 19.1 Å². The van der Waals surface area contributed by atoms with E-state index in [1.165, 1.54) is 23.3 Å². The van der Waals surface area contributed by atoms with Crippen molar-refractivity contribution in [1.29, 1.82) is 5.26 Å². The smallest absolute Gasteiger partial charge is 0.329 e. The average molecular weight is 459 g/mol. The molecule has 4 N–H and O–H groups in total. The van der Waals surface area contributed by atoms with Crippen molar-refractivity contribution in [1.82, 2.24) is 4.90 Å². The summed E-state index contributed by atoms with van der Waals surface area (Å²) in [5.74, 6) is -3.11. The fourth-order valence-electron chi connectivity index (χ4n) is 4.08. The lowest BCUT2D eigenvalue weighted by Gasteiger charge is -2.32. The molecule has 8 nitrogen and oxygen atoms in total. The lowest BCUT2D eigenvalue weighted by atomic mass is 9.68. The van der Waals surface area contributed by atoms with E-state index in [2.05, 4.69) is 22.0 Å². The monoisotopic (exact) mass is 458 g/mol. The van der Waals surface area contributed by atoms with Crippen LogP contribution in [0, 0.1) is 16.7 Å². The molecule has 0 aromatic heterocycles. The van der Waals surface area contributed by atoms with E-state index in [-0.39, 0.29) is 12.2 Å². The summed E-state index contributed by atoms with van der Waals surface area (Å²) in [4.78, 5) is 38.8.